The summed E-state index contributed by atoms with van der Waals surface area (Å²) in [5, 5.41) is 35.4. The summed E-state index contributed by atoms with van der Waals surface area (Å²) in [5.74, 6) is 2.70. The van der Waals surface area contributed by atoms with Crippen LogP contribution in [-0.4, -0.2) is 80.4 Å². The minimum absolute atomic E-state index is 0. The van der Waals surface area contributed by atoms with Gasteiger partial charge in [-0.1, -0.05) is 205 Å². The monoisotopic (exact) mass is 1720 g/mol. The van der Waals surface area contributed by atoms with Crippen LogP contribution in [0.4, 0.5) is 17.1 Å². The van der Waals surface area contributed by atoms with E-state index in [0.29, 0.717) is 35.5 Å². The number of para-hydroxylation sites is 3. The van der Waals surface area contributed by atoms with Crippen LogP contribution in [-0.2, 0) is 57.1 Å². The maximum atomic E-state index is 9.50. The molecule has 0 aliphatic carbocycles. The van der Waals surface area contributed by atoms with Gasteiger partial charge in [0.15, 0.2) is 0 Å². The number of aliphatic imine (C=N–C) groups is 2. The Kier molecular flexibility index (Phi) is 49.1. The number of rotatable bonds is 19. The summed E-state index contributed by atoms with van der Waals surface area (Å²) >= 11 is 0. The van der Waals surface area contributed by atoms with Crippen molar-refractivity contribution in [2.75, 3.05) is 30.5 Å². The van der Waals surface area contributed by atoms with Crippen molar-refractivity contribution in [3.8, 4) is 0 Å². The van der Waals surface area contributed by atoms with Crippen molar-refractivity contribution in [3.63, 3.8) is 0 Å². The molecule has 1 heterocycles. The van der Waals surface area contributed by atoms with E-state index in [9.17, 15) is 10.2 Å². The van der Waals surface area contributed by atoms with Gasteiger partial charge in [-0.05, 0) is 153 Å². The summed E-state index contributed by atoms with van der Waals surface area (Å²) in [6.45, 7) is 81.2. The first-order valence-electron chi connectivity index (χ1n) is 40.8. The summed E-state index contributed by atoms with van der Waals surface area (Å²) in [4.78, 5) is 9.47. The van der Waals surface area contributed by atoms with Crippen molar-refractivity contribution in [3.05, 3.63) is 350 Å². The molecule has 1 aliphatic heterocycles. The van der Waals surface area contributed by atoms with E-state index in [1.165, 1.54) is 44.8 Å². The number of hydrogen-bond donors (Lipinski definition) is 5. The van der Waals surface area contributed by atoms with Crippen LogP contribution in [0.2, 0.25) is 0 Å². The number of aliphatic hydroxyl groups is 2. The molecule has 0 bridgehead atoms. The van der Waals surface area contributed by atoms with Crippen LogP contribution in [0.5, 0.6) is 0 Å². The van der Waals surface area contributed by atoms with Gasteiger partial charge in [-0.3, -0.25) is 15.3 Å². The van der Waals surface area contributed by atoms with Gasteiger partial charge in [0, 0.05) is 22.6 Å². The first-order valence-corrected chi connectivity index (χ1v) is 40.8. The van der Waals surface area contributed by atoms with Crippen molar-refractivity contribution in [1.82, 2.24) is 5.32 Å². The van der Waals surface area contributed by atoms with E-state index >= 15 is 0 Å². The second-order valence-corrected chi connectivity index (χ2v) is 35.1. The zero-order chi connectivity index (χ0) is 86.4. The summed E-state index contributed by atoms with van der Waals surface area (Å²) in [6, 6.07) is 79.0. The molecule has 1 atom stereocenters. The van der Waals surface area contributed by atoms with Gasteiger partial charge >= 0.3 is 52.4 Å². The fourth-order valence-electron chi connectivity index (χ4n) is 11.7. The van der Waals surface area contributed by atoms with Crippen LogP contribution >= 0.6 is 0 Å². The molecule has 1 radical (unpaired) electrons. The third kappa shape index (κ3) is 40.3. The normalized spacial score (nSPS) is 13.8. The van der Waals surface area contributed by atoms with E-state index in [1.807, 2.05) is 224 Å². The summed E-state index contributed by atoms with van der Waals surface area (Å²) in [5.41, 5.74) is 17.6. The minimum Gasteiger partial charge on any atom is -0.674 e. The smallest absolute Gasteiger partial charge is 0.674 e. The van der Waals surface area contributed by atoms with Gasteiger partial charge in [0.25, 0.3) is 0 Å². The van der Waals surface area contributed by atoms with Crippen LogP contribution in [0.25, 0.3) is 5.32 Å². The largest absolute Gasteiger partial charge is 4.00 e. The molecule has 9 aromatic carbocycles. The molecule has 116 heavy (non-hydrogen) atoms. The molecule has 0 amide bonds. The predicted octanol–water partition coefficient (Wildman–Crippen LogP) is 27.8. The Balaban J connectivity index is 0.00000136. The van der Waals surface area contributed by atoms with Gasteiger partial charge < -0.3 is 30.9 Å². The van der Waals surface area contributed by atoms with Gasteiger partial charge in [-0.25, -0.2) is 0 Å². The summed E-state index contributed by atoms with van der Waals surface area (Å²) in [7, 11) is 0. The Morgan fingerprint density at radius 3 is 0.828 bits per heavy atom. The molecule has 1 aliphatic rings. The van der Waals surface area contributed by atoms with Crippen molar-refractivity contribution >= 4 is 28.5 Å². The molecule has 1 fully saturated rings. The molecule has 9 aromatic rings. The molecule has 0 spiro atoms. The molecule has 0 saturated carbocycles. The van der Waals surface area contributed by atoms with Crippen LogP contribution in [0.15, 0.2) is 247 Å². The van der Waals surface area contributed by atoms with Crippen molar-refractivity contribution in [1.29, 1.82) is 0 Å². The SMILES string of the molecule is CC(=NC(C)(C)CO)C(C)(C)Nc1c(C(C)C)cccc1C(C)C.CC(=NC(C)(C)CO)C(C)(C)[N-]c1c(C(C)C)cccc1C(C)C.CC(C)c1cccc(C(C)C)c1NC(C)(C)C1(C)NC(C)(C)CO1.[CH2-]c1ccccc1.[CH2-]c1ccccc1.[CH2-]c1ccccc1.[CH2-]c1ccccc1.[CH2-]c1ccccc1.[CH2-]c1ccccc1.[Zr+3].[Zr+4]. The third-order valence-electron chi connectivity index (χ3n) is 19.4. The fraction of sp³-hybridized carbons (Fsp3) is 0.410. The molecule has 9 nitrogen and oxygen atoms in total. The number of nitrogens with zero attached hydrogens (tertiary/aromatic N) is 3. The summed E-state index contributed by atoms with van der Waals surface area (Å²) in [6.07, 6.45) is 0. The van der Waals surface area contributed by atoms with Crippen LogP contribution < -0.4 is 16.0 Å². The average molecular weight is 1730 g/mol. The number of hydrogen-bond acceptors (Lipinski definition) is 8. The molecule has 1 saturated heterocycles. The van der Waals surface area contributed by atoms with Crippen molar-refractivity contribution in [2.24, 2.45) is 9.98 Å². The quantitative estimate of drug-likeness (QED) is 0.0406. The molecule has 11 heteroatoms. The van der Waals surface area contributed by atoms with E-state index in [-0.39, 0.29) is 82.2 Å². The average Bonchev–Trinajstić information content (AvgIpc) is 1.56. The summed E-state index contributed by atoms with van der Waals surface area (Å²) < 4.78 is 6.22. The van der Waals surface area contributed by atoms with E-state index in [2.05, 4.69) is 257 Å². The molecule has 5 N–H and O–H groups in total. The first-order chi connectivity index (χ1) is 53.1. The van der Waals surface area contributed by atoms with Crippen molar-refractivity contribution < 1.29 is 67.4 Å². The Hall–Kier alpha value is -7.45. The zero-order valence-corrected chi connectivity index (χ0v) is 81.4. The number of nitrogens with one attached hydrogen (secondary N) is 3. The van der Waals surface area contributed by atoms with E-state index < -0.39 is 22.3 Å². The minimum atomic E-state index is -0.477. The molecular formula is C105H149N6O3Zr2. The first kappa shape index (κ1) is 109. The van der Waals surface area contributed by atoms with E-state index in [0.717, 1.165) is 57.1 Å². The third-order valence-corrected chi connectivity index (χ3v) is 19.4. The maximum Gasteiger partial charge on any atom is 4.00 e. The number of aliphatic hydroxyl groups excluding tert-OH is 2. The van der Waals surface area contributed by atoms with Gasteiger partial charge in [-0.15, -0.1) is 78.5 Å². The van der Waals surface area contributed by atoms with Crippen molar-refractivity contribution in [2.45, 2.75) is 261 Å². The molecule has 0 aromatic heterocycles. The van der Waals surface area contributed by atoms with Crippen LogP contribution in [0.3, 0.4) is 0 Å². The molecular weight excluding hydrogens is 1580 g/mol. The Morgan fingerprint density at radius 2 is 0.621 bits per heavy atom. The Labute approximate surface area is 747 Å². The predicted molar refractivity (Wildman–Crippen MR) is 502 cm³/mol. The number of anilines is 2. The van der Waals surface area contributed by atoms with Gasteiger partial charge in [0.05, 0.1) is 42.0 Å². The van der Waals surface area contributed by atoms with Crippen LogP contribution in [0, 0.1) is 41.5 Å². The second kappa shape index (κ2) is 52.5. The molecule has 1 unspecified atom stereocenters. The Morgan fingerprint density at radius 1 is 0.388 bits per heavy atom. The molecule has 10 rings (SSSR count). The number of ether oxygens (including phenoxy) is 1. The standard InChI is InChI=1S/2C21H36N2O.C21H35N2O.6C7H7.2Zr/c1-14(2)16-11-10-12-17(15(3)4)18(16)22-20(7,8)21(9)23-19(5,6)13-24-21;2*1-14(2)17-11-10-12-18(15(3)4)19(17)23-21(8,9)16(5)22-20(6,7)13-24;6*1-7-5-3-2-4-6-7;;/h10-12,14-15,22-23H,13H2,1-9H3;10-12,14-15,23-24H,13H2,1-9H3;10-12,14-15,24H,13H2,1-9H3;6*2-6H,1H2;;/q;;7*-1;+3;+4. The zero-order valence-electron chi connectivity index (χ0n) is 76.5. The second-order valence-electron chi connectivity index (χ2n) is 35.1. The topological polar surface area (TPSA) is 125 Å². The maximum absolute atomic E-state index is 9.50. The van der Waals surface area contributed by atoms with Gasteiger partial charge in [0.2, 0.25) is 0 Å². The molecule has 625 valence electrons. The van der Waals surface area contributed by atoms with E-state index in [1.54, 1.807) is 0 Å². The Bertz CT molecular complexity index is 3700. The van der Waals surface area contributed by atoms with Gasteiger partial charge in [0.1, 0.15) is 5.72 Å². The fourth-order valence-corrected chi connectivity index (χ4v) is 11.7. The van der Waals surface area contributed by atoms with E-state index in [4.69, 9.17) is 20.0 Å². The number of benzene rings is 9. The van der Waals surface area contributed by atoms with Crippen LogP contribution in [0.1, 0.15) is 289 Å². The van der Waals surface area contributed by atoms with Gasteiger partial charge in [-0.2, -0.15) is 148 Å².